The minimum Gasteiger partial charge on any atom is -0.488 e. The van der Waals surface area contributed by atoms with Gasteiger partial charge in [-0.1, -0.05) is 22.0 Å². The number of nitrogens with zero attached hydrogens (tertiary/aromatic N) is 2. The van der Waals surface area contributed by atoms with Crippen molar-refractivity contribution in [3.63, 3.8) is 0 Å². The quantitative estimate of drug-likeness (QED) is 0.613. The lowest BCUT2D eigenvalue weighted by Crippen LogP contribution is -2.06. The summed E-state index contributed by atoms with van der Waals surface area (Å²) < 4.78 is 6.56. The van der Waals surface area contributed by atoms with E-state index >= 15 is 0 Å². The molecule has 7 nitrogen and oxygen atoms in total. The van der Waals surface area contributed by atoms with Crippen molar-refractivity contribution in [3.8, 4) is 5.75 Å². The number of benzene rings is 1. The topological polar surface area (TPSA) is 103 Å². The molecule has 8 heteroatoms. The van der Waals surface area contributed by atoms with E-state index in [1.54, 1.807) is 6.08 Å². The fourth-order valence-electron chi connectivity index (χ4n) is 2.32. The van der Waals surface area contributed by atoms with E-state index in [4.69, 9.17) is 4.74 Å². The van der Waals surface area contributed by atoms with Crippen LogP contribution in [0.15, 0.2) is 46.6 Å². The third-order valence-corrected chi connectivity index (χ3v) is 4.00. The van der Waals surface area contributed by atoms with Gasteiger partial charge in [0.1, 0.15) is 18.6 Å². The van der Waals surface area contributed by atoms with Gasteiger partial charge in [-0.05, 0) is 35.9 Å². The second kappa shape index (κ2) is 6.86. The van der Waals surface area contributed by atoms with Gasteiger partial charge in [0.2, 0.25) is 0 Å². The van der Waals surface area contributed by atoms with Crippen LogP contribution in [0, 0.1) is 10.1 Å². The second-order valence-corrected chi connectivity index (χ2v) is 6.13. The van der Waals surface area contributed by atoms with Crippen LogP contribution in [0.5, 0.6) is 5.75 Å². The van der Waals surface area contributed by atoms with Gasteiger partial charge in [0.05, 0.1) is 16.2 Å². The highest BCUT2D eigenvalue weighted by Gasteiger charge is 2.16. The van der Waals surface area contributed by atoms with Crippen LogP contribution >= 0.6 is 15.9 Å². The zero-order chi connectivity index (χ0) is 18.0. The smallest absolute Gasteiger partial charge is 0.338 e. The van der Waals surface area contributed by atoms with Crippen LogP contribution in [0.2, 0.25) is 0 Å². The number of fused-ring (bicyclic) bond motifs is 1. The van der Waals surface area contributed by atoms with Gasteiger partial charge in [0, 0.05) is 16.1 Å². The summed E-state index contributed by atoms with van der Waals surface area (Å²) in [7, 11) is 0. The first-order chi connectivity index (χ1) is 11.9. The summed E-state index contributed by atoms with van der Waals surface area (Å²) in [4.78, 5) is 25.3. The van der Waals surface area contributed by atoms with Gasteiger partial charge in [0.15, 0.2) is 0 Å². The number of aromatic carboxylic acids is 1. The summed E-state index contributed by atoms with van der Waals surface area (Å²) in [5.74, 6) is -0.515. The lowest BCUT2D eigenvalue weighted by Gasteiger charge is -2.16. The highest BCUT2D eigenvalue weighted by Crippen LogP contribution is 2.29. The summed E-state index contributed by atoms with van der Waals surface area (Å²) >= 11 is 3.40. The first-order valence-electron chi connectivity index (χ1n) is 7.13. The monoisotopic (exact) mass is 402 g/mol. The number of hydrogen-bond donors (Lipinski definition) is 1. The molecule has 1 aliphatic rings. The Morgan fingerprint density at radius 3 is 2.88 bits per heavy atom. The molecule has 2 heterocycles. The largest absolute Gasteiger partial charge is 0.488 e. The molecule has 1 N–H and O–H groups in total. The molecule has 0 aliphatic carbocycles. The lowest BCUT2D eigenvalue weighted by atomic mass is 10.1. The molecule has 0 bridgehead atoms. The van der Waals surface area contributed by atoms with Crippen LogP contribution < -0.4 is 4.74 Å². The molecule has 0 saturated heterocycles. The number of ether oxygens (including phenoxy) is 1. The molecular weight excluding hydrogens is 392 g/mol. The molecular formula is C17H11BrN2O5. The van der Waals surface area contributed by atoms with Crippen molar-refractivity contribution in [1.82, 2.24) is 4.98 Å². The first-order valence-corrected chi connectivity index (χ1v) is 7.92. The van der Waals surface area contributed by atoms with Crippen molar-refractivity contribution >= 4 is 39.7 Å². The third kappa shape index (κ3) is 3.74. The van der Waals surface area contributed by atoms with E-state index in [0.717, 1.165) is 33.6 Å². The molecule has 0 amide bonds. The average Bonchev–Trinajstić information content (AvgIpc) is 2.59. The van der Waals surface area contributed by atoms with Crippen LogP contribution in [-0.4, -0.2) is 27.6 Å². The highest BCUT2D eigenvalue weighted by molar-refractivity contribution is 9.10. The molecule has 1 aliphatic heterocycles. The Balaban J connectivity index is 1.92. The Bertz CT molecular complexity index is 937. The minimum absolute atomic E-state index is 0.138. The summed E-state index contributed by atoms with van der Waals surface area (Å²) in [5.41, 5.74) is 1.26. The van der Waals surface area contributed by atoms with E-state index < -0.39 is 10.9 Å². The van der Waals surface area contributed by atoms with Crippen LogP contribution in [-0.2, 0) is 0 Å². The number of pyridine rings is 1. The van der Waals surface area contributed by atoms with Crippen molar-refractivity contribution in [2.24, 2.45) is 0 Å². The number of carbonyl (C=O) groups is 1. The van der Waals surface area contributed by atoms with E-state index in [1.165, 1.54) is 6.08 Å². The standard InChI is InChI=1S/C17H11BrN2O5/c18-12-2-4-16-11(6-12)5-10(9-25-16)1-3-15-14(17(21)22)7-13(8-19-15)20(23)24/h1-8H,9H2,(H,21,22). The Hall–Kier alpha value is -3.00. The average molecular weight is 403 g/mol. The molecule has 25 heavy (non-hydrogen) atoms. The molecule has 0 unspecified atom stereocenters. The third-order valence-electron chi connectivity index (χ3n) is 3.51. The van der Waals surface area contributed by atoms with Gasteiger partial charge in [-0.15, -0.1) is 0 Å². The predicted molar refractivity (Wildman–Crippen MR) is 94.5 cm³/mol. The highest BCUT2D eigenvalue weighted by atomic mass is 79.9. The number of carboxylic acids is 1. The molecule has 3 rings (SSSR count). The number of aromatic nitrogens is 1. The zero-order valence-corrected chi connectivity index (χ0v) is 14.3. The molecule has 1 aromatic heterocycles. The van der Waals surface area contributed by atoms with E-state index in [9.17, 15) is 20.0 Å². The van der Waals surface area contributed by atoms with Gasteiger partial charge in [-0.25, -0.2) is 9.78 Å². The molecule has 126 valence electrons. The van der Waals surface area contributed by atoms with Crippen LogP contribution in [0.25, 0.3) is 12.2 Å². The number of nitro groups is 1. The first kappa shape index (κ1) is 16.8. The Kier molecular flexibility index (Phi) is 4.62. The summed E-state index contributed by atoms with van der Waals surface area (Å²) in [6, 6.07) is 6.65. The van der Waals surface area contributed by atoms with Crippen LogP contribution in [0.1, 0.15) is 21.6 Å². The van der Waals surface area contributed by atoms with Gasteiger partial charge in [-0.3, -0.25) is 10.1 Å². The maximum absolute atomic E-state index is 11.3. The van der Waals surface area contributed by atoms with E-state index in [0.29, 0.717) is 6.61 Å². The number of rotatable bonds is 4. The fraction of sp³-hybridized carbons (Fsp3) is 0.0588. The fourth-order valence-corrected chi connectivity index (χ4v) is 2.70. The summed E-state index contributed by atoms with van der Waals surface area (Å²) in [6.45, 7) is 0.334. The molecule has 0 atom stereocenters. The normalized spacial score (nSPS) is 13.1. The zero-order valence-electron chi connectivity index (χ0n) is 12.7. The SMILES string of the molecule is O=C(O)c1cc([N+](=O)[O-])cnc1C=CC1=Cc2cc(Br)ccc2OC1. The number of carboxylic acid groups (broad SMARTS) is 1. The number of halogens is 1. The summed E-state index contributed by atoms with van der Waals surface area (Å²) in [6.07, 6.45) is 6.14. The molecule has 0 radical (unpaired) electrons. The van der Waals surface area contributed by atoms with Gasteiger partial charge >= 0.3 is 5.97 Å². The Labute approximate surface area is 150 Å². The maximum atomic E-state index is 11.3. The van der Waals surface area contributed by atoms with Gasteiger partial charge in [-0.2, -0.15) is 0 Å². The van der Waals surface area contributed by atoms with E-state index in [1.807, 2.05) is 24.3 Å². The van der Waals surface area contributed by atoms with Crippen molar-refractivity contribution in [3.05, 3.63) is 73.5 Å². The molecule has 0 saturated carbocycles. The lowest BCUT2D eigenvalue weighted by molar-refractivity contribution is -0.385. The molecule has 0 spiro atoms. The summed E-state index contributed by atoms with van der Waals surface area (Å²) in [5, 5.41) is 20.0. The number of hydrogen-bond acceptors (Lipinski definition) is 5. The van der Waals surface area contributed by atoms with Crippen LogP contribution in [0.4, 0.5) is 5.69 Å². The Morgan fingerprint density at radius 1 is 1.36 bits per heavy atom. The predicted octanol–water partition coefficient (Wildman–Crippen LogP) is 3.94. The van der Waals surface area contributed by atoms with E-state index in [2.05, 4.69) is 20.9 Å². The Morgan fingerprint density at radius 2 is 2.16 bits per heavy atom. The second-order valence-electron chi connectivity index (χ2n) is 5.21. The minimum atomic E-state index is -1.28. The van der Waals surface area contributed by atoms with Crippen molar-refractivity contribution in [2.75, 3.05) is 6.61 Å². The van der Waals surface area contributed by atoms with E-state index in [-0.39, 0.29) is 16.9 Å². The van der Waals surface area contributed by atoms with Gasteiger partial charge in [0.25, 0.3) is 5.69 Å². The van der Waals surface area contributed by atoms with Gasteiger partial charge < -0.3 is 9.84 Å². The van der Waals surface area contributed by atoms with Crippen molar-refractivity contribution < 1.29 is 19.6 Å². The molecule has 1 aromatic carbocycles. The molecule has 0 fully saturated rings. The van der Waals surface area contributed by atoms with Crippen LogP contribution in [0.3, 0.4) is 0 Å². The maximum Gasteiger partial charge on any atom is 0.338 e. The molecule has 2 aromatic rings. The van der Waals surface area contributed by atoms with Crippen molar-refractivity contribution in [2.45, 2.75) is 0 Å². The van der Waals surface area contributed by atoms with Crippen molar-refractivity contribution in [1.29, 1.82) is 0 Å².